The molecule has 2 aliphatic heterocycles. The van der Waals surface area contributed by atoms with Crippen molar-refractivity contribution < 1.29 is 8.42 Å². The molecule has 1 saturated carbocycles. The van der Waals surface area contributed by atoms with E-state index in [4.69, 9.17) is 0 Å². The zero-order valence-corrected chi connectivity index (χ0v) is 16.5. The van der Waals surface area contributed by atoms with E-state index < -0.39 is 10.2 Å². The van der Waals surface area contributed by atoms with Crippen molar-refractivity contribution in [3.05, 3.63) is 18.6 Å². The lowest BCUT2D eigenvalue weighted by atomic mass is 9.99. The van der Waals surface area contributed by atoms with Gasteiger partial charge in [-0.15, -0.1) is 0 Å². The van der Waals surface area contributed by atoms with Gasteiger partial charge in [0, 0.05) is 44.8 Å². The van der Waals surface area contributed by atoms with Crippen molar-refractivity contribution in [2.75, 3.05) is 38.1 Å². The number of aromatic nitrogens is 3. The minimum absolute atomic E-state index is 0.0607. The van der Waals surface area contributed by atoms with Gasteiger partial charge in [0.15, 0.2) is 0 Å². The quantitative estimate of drug-likeness (QED) is 0.857. The molecule has 0 unspecified atom stereocenters. The molecule has 27 heavy (non-hydrogen) atoms. The number of nitrogens with zero attached hydrogens (tertiary/aromatic N) is 5. The minimum Gasteiger partial charge on any atom is -0.354 e. The van der Waals surface area contributed by atoms with E-state index in [9.17, 15) is 8.42 Å². The third-order valence-corrected chi connectivity index (χ3v) is 8.52. The second-order valence-corrected chi connectivity index (χ2v) is 10.1. The van der Waals surface area contributed by atoms with Gasteiger partial charge in [0.1, 0.15) is 17.8 Å². The lowest BCUT2D eigenvalue weighted by Gasteiger charge is -2.31. The van der Waals surface area contributed by atoms with E-state index in [1.807, 2.05) is 19.3 Å². The Balaban J connectivity index is 1.43. The number of likely N-dealkylation sites (N-methyl/N-ethyl adjacent to an activating group) is 1. The maximum Gasteiger partial charge on any atom is 0.282 e. The summed E-state index contributed by atoms with van der Waals surface area (Å²) in [5.74, 6) is 0.870. The third-order valence-electron chi connectivity index (χ3n) is 6.57. The largest absolute Gasteiger partial charge is 0.354 e. The van der Waals surface area contributed by atoms with E-state index in [1.165, 1.54) is 0 Å². The van der Waals surface area contributed by atoms with Gasteiger partial charge >= 0.3 is 0 Å². The lowest BCUT2D eigenvalue weighted by Crippen LogP contribution is -2.46. The topological polar surface area (TPSA) is 85.4 Å². The Morgan fingerprint density at radius 1 is 1.19 bits per heavy atom. The van der Waals surface area contributed by atoms with Crippen LogP contribution < -0.4 is 4.90 Å². The first-order valence-electron chi connectivity index (χ1n) is 9.77. The first kappa shape index (κ1) is 17.4. The number of aromatic amines is 1. The molecule has 0 aromatic carbocycles. The number of anilines is 1. The van der Waals surface area contributed by atoms with Crippen LogP contribution in [-0.2, 0) is 10.2 Å². The van der Waals surface area contributed by atoms with Gasteiger partial charge in [-0.3, -0.25) is 0 Å². The third kappa shape index (κ3) is 2.75. The predicted octanol–water partition coefficient (Wildman–Crippen LogP) is 1.59. The van der Waals surface area contributed by atoms with Crippen LogP contribution in [0.4, 0.5) is 5.82 Å². The zero-order chi connectivity index (χ0) is 18.6. The normalized spacial score (nSPS) is 26.0. The summed E-state index contributed by atoms with van der Waals surface area (Å²) in [5, 5.41) is 0.980. The predicted molar refractivity (Wildman–Crippen MR) is 104 cm³/mol. The molecule has 2 saturated heterocycles. The van der Waals surface area contributed by atoms with Gasteiger partial charge in [0.05, 0.1) is 11.4 Å². The SMILES string of the molecule is CN(c1ncnc2[nH]ccc12)[C@H]1CN(S(=O)(=O)N2CCCCC2)CC12CC2. The van der Waals surface area contributed by atoms with Gasteiger partial charge in [0.25, 0.3) is 10.2 Å². The Labute approximate surface area is 159 Å². The van der Waals surface area contributed by atoms with E-state index in [2.05, 4.69) is 19.9 Å². The second kappa shape index (κ2) is 6.15. The highest BCUT2D eigenvalue weighted by atomic mass is 32.2. The van der Waals surface area contributed by atoms with Gasteiger partial charge in [-0.25, -0.2) is 9.97 Å². The van der Waals surface area contributed by atoms with E-state index >= 15 is 0 Å². The standard InChI is InChI=1S/C18H26N6O2S/c1-22(17-14-5-8-19-16(14)20-13-21-17)15-11-24(12-18(15)6-7-18)27(25,26)23-9-3-2-4-10-23/h5,8,13,15H,2-4,6-7,9-12H2,1H3,(H,19,20,21)/t15-/m0/s1. The number of H-pyrrole nitrogens is 1. The van der Waals surface area contributed by atoms with Crippen molar-refractivity contribution in [2.24, 2.45) is 5.41 Å². The summed E-state index contributed by atoms with van der Waals surface area (Å²) in [7, 11) is -1.33. The van der Waals surface area contributed by atoms with Crippen LogP contribution in [0.25, 0.3) is 11.0 Å². The molecule has 1 N–H and O–H groups in total. The fraction of sp³-hybridized carbons (Fsp3) is 0.667. The van der Waals surface area contributed by atoms with Crippen molar-refractivity contribution in [3.63, 3.8) is 0 Å². The van der Waals surface area contributed by atoms with Gasteiger partial charge < -0.3 is 9.88 Å². The van der Waals surface area contributed by atoms with Crippen LogP contribution >= 0.6 is 0 Å². The average Bonchev–Trinajstić information content (AvgIpc) is 3.12. The van der Waals surface area contributed by atoms with E-state index in [-0.39, 0.29) is 11.5 Å². The van der Waals surface area contributed by atoms with Gasteiger partial charge in [-0.1, -0.05) is 6.42 Å². The van der Waals surface area contributed by atoms with Crippen molar-refractivity contribution in [1.29, 1.82) is 0 Å². The summed E-state index contributed by atoms with van der Waals surface area (Å²) >= 11 is 0. The molecule has 8 nitrogen and oxygen atoms in total. The van der Waals surface area contributed by atoms with Crippen molar-refractivity contribution in [2.45, 2.75) is 38.1 Å². The molecule has 9 heteroatoms. The van der Waals surface area contributed by atoms with Crippen molar-refractivity contribution >= 4 is 27.1 Å². The molecular formula is C18H26N6O2S. The lowest BCUT2D eigenvalue weighted by molar-refractivity contribution is 0.313. The molecule has 146 valence electrons. The number of fused-ring (bicyclic) bond motifs is 1. The first-order chi connectivity index (χ1) is 13.0. The minimum atomic E-state index is -3.37. The highest BCUT2D eigenvalue weighted by Crippen LogP contribution is 2.55. The summed E-state index contributed by atoms with van der Waals surface area (Å²) in [4.78, 5) is 14.1. The monoisotopic (exact) mass is 390 g/mol. The fourth-order valence-corrected chi connectivity index (χ4v) is 6.61. The van der Waals surface area contributed by atoms with Gasteiger partial charge in [-0.05, 0) is 31.7 Å². The number of nitrogens with one attached hydrogen (secondary N) is 1. The zero-order valence-electron chi connectivity index (χ0n) is 15.6. The van der Waals surface area contributed by atoms with Gasteiger partial charge in [-0.2, -0.15) is 17.0 Å². The van der Waals surface area contributed by atoms with Crippen LogP contribution in [0.1, 0.15) is 32.1 Å². The fourth-order valence-electron chi connectivity index (χ4n) is 4.81. The Morgan fingerprint density at radius 3 is 2.70 bits per heavy atom. The van der Waals surface area contributed by atoms with E-state index in [1.54, 1.807) is 14.9 Å². The number of hydrogen-bond donors (Lipinski definition) is 1. The molecule has 2 aromatic heterocycles. The summed E-state index contributed by atoms with van der Waals surface area (Å²) in [6.45, 7) is 2.47. The number of hydrogen-bond acceptors (Lipinski definition) is 5. The molecule has 0 amide bonds. The number of piperidine rings is 1. The molecule has 0 radical (unpaired) electrons. The molecule has 5 rings (SSSR count). The van der Waals surface area contributed by atoms with Crippen LogP contribution in [0.2, 0.25) is 0 Å². The highest BCUT2D eigenvalue weighted by Gasteiger charge is 2.59. The summed E-state index contributed by atoms with van der Waals surface area (Å²) in [6.07, 6.45) is 8.65. The maximum absolute atomic E-state index is 13.2. The average molecular weight is 391 g/mol. The smallest absolute Gasteiger partial charge is 0.282 e. The van der Waals surface area contributed by atoms with Crippen LogP contribution in [0.15, 0.2) is 18.6 Å². The Morgan fingerprint density at radius 2 is 1.96 bits per heavy atom. The van der Waals surface area contributed by atoms with Crippen LogP contribution in [0.3, 0.4) is 0 Å². The molecule has 0 bridgehead atoms. The Hall–Kier alpha value is -1.71. The van der Waals surface area contributed by atoms with E-state index in [0.717, 1.165) is 49.0 Å². The molecule has 3 fully saturated rings. The van der Waals surface area contributed by atoms with Crippen molar-refractivity contribution in [3.8, 4) is 0 Å². The second-order valence-electron chi connectivity index (χ2n) is 8.19. The number of rotatable bonds is 4. The summed E-state index contributed by atoms with van der Waals surface area (Å²) in [6, 6.07) is 2.13. The molecule has 1 atom stereocenters. The molecular weight excluding hydrogens is 364 g/mol. The Kier molecular flexibility index (Phi) is 3.96. The molecule has 1 aliphatic carbocycles. The van der Waals surface area contributed by atoms with Gasteiger partial charge in [0.2, 0.25) is 0 Å². The Bertz CT molecular complexity index is 948. The molecule has 2 aromatic rings. The van der Waals surface area contributed by atoms with Crippen LogP contribution in [0, 0.1) is 5.41 Å². The van der Waals surface area contributed by atoms with E-state index in [0.29, 0.717) is 26.2 Å². The maximum atomic E-state index is 13.2. The highest BCUT2D eigenvalue weighted by molar-refractivity contribution is 7.86. The summed E-state index contributed by atoms with van der Waals surface area (Å²) < 4.78 is 29.8. The van der Waals surface area contributed by atoms with Crippen molar-refractivity contribution in [1.82, 2.24) is 23.6 Å². The summed E-state index contributed by atoms with van der Waals surface area (Å²) in [5.41, 5.74) is 0.873. The molecule has 4 heterocycles. The van der Waals surface area contributed by atoms with Crippen LogP contribution in [-0.4, -0.2) is 71.2 Å². The van der Waals surface area contributed by atoms with Crippen LogP contribution in [0.5, 0.6) is 0 Å². The molecule has 1 spiro atoms. The molecule has 3 aliphatic rings. The first-order valence-corrected chi connectivity index (χ1v) is 11.2.